The number of aliphatic imine (C=N–C) groups is 1. The number of carbonyl (C=O) groups is 9. The molecule has 1 aromatic heterocycles. The van der Waals surface area contributed by atoms with E-state index in [4.69, 9.17) is 17.2 Å². The summed E-state index contributed by atoms with van der Waals surface area (Å²) in [5.74, 6) is -7.58. The highest BCUT2D eigenvalue weighted by molar-refractivity contribution is 5.97. The number of guanidine groups is 1. The summed E-state index contributed by atoms with van der Waals surface area (Å²) in [4.78, 5) is 128. The molecule has 0 spiro atoms. The van der Waals surface area contributed by atoms with Gasteiger partial charge < -0.3 is 69.8 Å². The average Bonchev–Trinajstić information content (AvgIpc) is 3.70. The van der Waals surface area contributed by atoms with E-state index in [2.05, 4.69) is 52.5 Å². The molecule has 23 nitrogen and oxygen atoms in total. The van der Waals surface area contributed by atoms with Crippen LogP contribution < -0.4 is 59.7 Å². The molecule has 1 aliphatic heterocycles. The van der Waals surface area contributed by atoms with E-state index >= 15 is 0 Å². The molecule has 4 rings (SSSR count). The number of nitrogens with two attached hydrogens (primary N) is 3. The van der Waals surface area contributed by atoms with Gasteiger partial charge >= 0.3 is 5.97 Å². The van der Waals surface area contributed by atoms with E-state index in [1.807, 2.05) is 18.2 Å². The summed E-state index contributed by atoms with van der Waals surface area (Å²) in [6, 6.07) is 7.56. The molecule has 0 radical (unpaired) electrons. The maximum absolute atomic E-state index is 14.4. The molecular weight excluding hydrogens is 871 g/mol. The first-order valence-electron chi connectivity index (χ1n) is 21.9. The molecule has 1 aliphatic rings. The number of carbonyl (C=O) groups excluding carboxylic acids is 8. The van der Waals surface area contributed by atoms with Gasteiger partial charge in [0, 0.05) is 56.4 Å². The molecule has 3 aromatic rings. The Morgan fingerprint density at radius 2 is 1.37 bits per heavy atom. The van der Waals surface area contributed by atoms with Crippen molar-refractivity contribution in [2.75, 3.05) is 26.2 Å². The van der Waals surface area contributed by atoms with E-state index in [-0.39, 0.29) is 83.4 Å². The number of aromatic nitrogens is 1. The zero-order chi connectivity index (χ0) is 48.9. The Balaban J connectivity index is 1.75. The molecule has 0 aliphatic carbocycles. The highest BCUT2D eigenvalue weighted by atomic mass is 16.4. The van der Waals surface area contributed by atoms with Crippen molar-refractivity contribution in [3.05, 3.63) is 71.9 Å². The molecule has 67 heavy (non-hydrogen) atoms. The number of carboxylic acids is 1. The van der Waals surface area contributed by atoms with Crippen molar-refractivity contribution in [1.82, 2.24) is 47.5 Å². The maximum Gasteiger partial charge on any atom is 0.326 e. The SMILES string of the molecule is CC(=O)NCC(=O)NC1CCNC(=O)CCCC(C(=O)O)NC(=O)[C@H](Cc2c[nH]c3ccccc23)NC(=O)[C@H](CCCN=C(N)N)NC(=O)C(Cc2ccccc2)NC(=O)[C@H](CCN)NC1=O. The normalized spacial score (nSPS) is 21.8. The van der Waals surface area contributed by atoms with Crippen LogP contribution in [0, 0.1) is 0 Å². The predicted molar refractivity (Wildman–Crippen MR) is 245 cm³/mol. The van der Waals surface area contributed by atoms with Crippen molar-refractivity contribution in [2.24, 2.45) is 22.2 Å². The van der Waals surface area contributed by atoms with Crippen LogP contribution in [0.15, 0.2) is 65.8 Å². The number of para-hydroxylation sites is 1. The lowest BCUT2D eigenvalue weighted by Crippen LogP contribution is -2.60. The fraction of sp³-hybridized carbons (Fsp3) is 0.455. The molecule has 1 fully saturated rings. The second kappa shape index (κ2) is 26.4. The van der Waals surface area contributed by atoms with Crippen molar-refractivity contribution in [1.29, 1.82) is 0 Å². The van der Waals surface area contributed by atoms with E-state index < -0.39 is 96.0 Å². The van der Waals surface area contributed by atoms with Crippen LogP contribution in [-0.4, -0.2) is 132 Å². The third-order valence-corrected chi connectivity index (χ3v) is 10.7. The minimum Gasteiger partial charge on any atom is -0.480 e. The van der Waals surface area contributed by atoms with E-state index in [0.29, 0.717) is 11.1 Å². The molecule has 23 heteroatoms. The van der Waals surface area contributed by atoms with Crippen LogP contribution in [-0.2, 0) is 56.0 Å². The maximum atomic E-state index is 14.4. The first kappa shape index (κ1) is 52.1. The smallest absolute Gasteiger partial charge is 0.326 e. The molecule has 3 unspecified atom stereocenters. The lowest BCUT2D eigenvalue weighted by atomic mass is 10.0. The Hall–Kier alpha value is -7.56. The van der Waals surface area contributed by atoms with Gasteiger partial charge in [0.25, 0.3) is 0 Å². The van der Waals surface area contributed by atoms with Gasteiger partial charge in [0.15, 0.2) is 5.96 Å². The van der Waals surface area contributed by atoms with Crippen LogP contribution in [0.4, 0.5) is 0 Å². The second-order valence-electron chi connectivity index (χ2n) is 16.0. The van der Waals surface area contributed by atoms with Gasteiger partial charge in [0.2, 0.25) is 47.3 Å². The molecular formula is C44H61N13O10. The third-order valence-electron chi connectivity index (χ3n) is 10.7. The predicted octanol–water partition coefficient (Wildman–Crippen LogP) is -2.82. The van der Waals surface area contributed by atoms with Crippen LogP contribution in [0.25, 0.3) is 10.9 Å². The number of H-pyrrole nitrogens is 1. The number of rotatable bonds is 14. The summed E-state index contributed by atoms with van der Waals surface area (Å²) in [5, 5.41) is 31.5. The van der Waals surface area contributed by atoms with Crippen LogP contribution in [0.1, 0.15) is 63.0 Å². The van der Waals surface area contributed by atoms with Gasteiger partial charge in [-0.1, -0.05) is 48.5 Å². The van der Waals surface area contributed by atoms with Crippen LogP contribution in [0.3, 0.4) is 0 Å². The third kappa shape index (κ3) is 17.4. The fourth-order valence-corrected chi connectivity index (χ4v) is 7.25. The number of hydrogen-bond acceptors (Lipinski definition) is 11. The van der Waals surface area contributed by atoms with Gasteiger partial charge in [-0.2, -0.15) is 0 Å². The number of nitrogens with zero attached hydrogens (tertiary/aromatic N) is 1. The number of amides is 8. The lowest BCUT2D eigenvalue weighted by Gasteiger charge is -2.27. The number of aromatic amines is 1. The minimum atomic E-state index is -1.49. The Bertz CT molecular complexity index is 2250. The van der Waals surface area contributed by atoms with Gasteiger partial charge in [-0.3, -0.25) is 43.3 Å². The Morgan fingerprint density at radius 3 is 2.04 bits per heavy atom. The van der Waals surface area contributed by atoms with Crippen LogP contribution in [0.5, 0.6) is 0 Å². The summed E-state index contributed by atoms with van der Waals surface area (Å²) >= 11 is 0. The number of nitrogens with one attached hydrogen (secondary N) is 9. The molecule has 6 atom stereocenters. The zero-order valence-corrected chi connectivity index (χ0v) is 37.2. The summed E-state index contributed by atoms with van der Waals surface area (Å²) in [7, 11) is 0. The Morgan fingerprint density at radius 1 is 0.761 bits per heavy atom. The highest BCUT2D eigenvalue weighted by Gasteiger charge is 2.34. The van der Waals surface area contributed by atoms with E-state index in [0.717, 1.165) is 10.9 Å². The van der Waals surface area contributed by atoms with Gasteiger partial charge in [0.05, 0.1) is 6.54 Å². The zero-order valence-electron chi connectivity index (χ0n) is 37.2. The number of fused-ring (bicyclic) bond motifs is 1. The van der Waals surface area contributed by atoms with E-state index in [9.17, 15) is 48.3 Å². The van der Waals surface area contributed by atoms with Gasteiger partial charge in [0.1, 0.15) is 36.3 Å². The first-order chi connectivity index (χ1) is 32.0. The summed E-state index contributed by atoms with van der Waals surface area (Å²) < 4.78 is 0. The molecule has 16 N–H and O–H groups in total. The van der Waals surface area contributed by atoms with Crippen molar-refractivity contribution in [3.8, 4) is 0 Å². The van der Waals surface area contributed by atoms with Crippen molar-refractivity contribution < 1.29 is 48.3 Å². The molecule has 0 saturated carbocycles. The quantitative estimate of drug-likeness (QED) is 0.0441. The molecule has 2 heterocycles. The monoisotopic (exact) mass is 931 g/mol. The lowest BCUT2D eigenvalue weighted by molar-refractivity contribution is -0.142. The van der Waals surface area contributed by atoms with E-state index in [1.165, 1.54) is 6.92 Å². The fourth-order valence-electron chi connectivity index (χ4n) is 7.25. The Labute approximate surface area is 386 Å². The minimum absolute atomic E-state index is 0.0101. The summed E-state index contributed by atoms with van der Waals surface area (Å²) in [6.07, 6.45) is 0.862. The standard InChI is InChI=1S/C44H61N13O10/c1-25(58)50-24-37(60)52-32-17-20-48-36(59)15-7-13-33(43(66)67)55-42(65)35(22-27-23-51-29-12-6-5-11-28(27)29)57-38(61)30(14-8-19-49-44(46)47)53-41(64)34(21-26-9-3-2-4-10-26)56-39(62)31(16-18-45)54-40(32)63/h2-6,9-12,23,30-35,51H,7-8,13-22,24,45H2,1H3,(H,48,59)(H,50,58)(H,52,60)(H,53,64)(H,54,63)(H,55,65)(H,56,62)(H,57,61)(H,66,67)(H4,46,47,49)/t30-,31-,32?,33?,34?,35-/m0/s1. The average molecular weight is 932 g/mol. The summed E-state index contributed by atoms with van der Waals surface area (Å²) in [6.45, 7) is 0.511. The largest absolute Gasteiger partial charge is 0.480 e. The second-order valence-corrected chi connectivity index (χ2v) is 16.0. The number of benzene rings is 2. The topological polar surface area (TPSA) is 376 Å². The number of aliphatic carboxylic acids is 1. The molecule has 1 saturated heterocycles. The van der Waals surface area contributed by atoms with Gasteiger partial charge in [-0.15, -0.1) is 0 Å². The molecule has 8 amide bonds. The molecule has 0 bridgehead atoms. The van der Waals surface area contributed by atoms with E-state index in [1.54, 1.807) is 42.6 Å². The van der Waals surface area contributed by atoms with Crippen LogP contribution in [0.2, 0.25) is 0 Å². The molecule has 2 aromatic carbocycles. The van der Waals surface area contributed by atoms with Gasteiger partial charge in [-0.25, -0.2) is 4.79 Å². The number of hydrogen-bond donors (Lipinski definition) is 13. The Kier molecular flexibility index (Phi) is 20.5. The first-order valence-corrected chi connectivity index (χ1v) is 21.9. The summed E-state index contributed by atoms with van der Waals surface area (Å²) in [5.41, 5.74) is 18.9. The number of carboxylic acid groups (broad SMARTS) is 1. The van der Waals surface area contributed by atoms with Crippen molar-refractivity contribution >= 4 is 70.1 Å². The van der Waals surface area contributed by atoms with Crippen LogP contribution >= 0.6 is 0 Å². The van der Waals surface area contributed by atoms with Crippen molar-refractivity contribution in [3.63, 3.8) is 0 Å². The highest BCUT2D eigenvalue weighted by Crippen LogP contribution is 2.20. The van der Waals surface area contributed by atoms with Crippen molar-refractivity contribution in [2.45, 2.75) is 101 Å². The molecule has 362 valence electrons. The van der Waals surface area contributed by atoms with Gasteiger partial charge in [-0.05, 0) is 62.3 Å².